The molecule has 0 aromatic heterocycles. The lowest BCUT2D eigenvalue weighted by Gasteiger charge is -2.36. The first-order chi connectivity index (χ1) is 8.74. The van der Waals surface area contributed by atoms with Crippen molar-refractivity contribution >= 4 is 11.4 Å². The van der Waals surface area contributed by atoms with Crippen LogP contribution < -0.4 is 15.4 Å². The van der Waals surface area contributed by atoms with Gasteiger partial charge in [0.15, 0.2) is 0 Å². The number of ether oxygens (including phenoxy) is 2. The van der Waals surface area contributed by atoms with Gasteiger partial charge in [-0.2, -0.15) is 0 Å². The van der Waals surface area contributed by atoms with Crippen LogP contribution in [0.25, 0.3) is 0 Å². The fourth-order valence-corrected chi connectivity index (χ4v) is 2.17. The average molecular weight is 252 g/mol. The normalized spacial score (nSPS) is 19.9. The predicted octanol–water partition coefficient (Wildman–Crippen LogP) is 0.865. The summed E-state index contributed by atoms with van der Waals surface area (Å²) in [7, 11) is 0. The van der Waals surface area contributed by atoms with Crippen LogP contribution in [0.2, 0.25) is 0 Å². The molecule has 1 aliphatic rings. The first-order valence-electron chi connectivity index (χ1n) is 6.23. The number of nitrogen functional groups attached to an aromatic ring is 1. The molecule has 1 unspecified atom stereocenters. The van der Waals surface area contributed by atoms with Crippen LogP contribution in [0.3, 0.4) is 0 Å². The van der Waals surface area contributed by atoms with Gasteiger partial charge in [-0.1, -0.05) is 0 Å². The van der Waals surface area contributed by atoms with Gasteiger partial charge in [-0.15, -0.1) is 0 Å². The Hall–Kier alpha value is -1.46. The van der Waals surface area contributed by atoms with Gasteiger partial charge in [0.1, 0.15) is 5.75 Å². The van der Waals surface area contributed by atoms with Gasteiger partial charge < -0.3 is 25.2 Å². The molecule has 1 heterocycles. The molecular formula is C13H20N2O3. The Kier molecular flexibility index (Phi) is 4.28. The standard InChI is InChI=1S/C13H20N2O3/c1-2-18-13-6-10(14)5-11(7-13)15-3-4-17-9-12(15)8-16/h5-7,12,16H,2-4,8-9,14H2,1H3. The molecule has 2 rings (SSSR count). The van der Waals surface area contributed by atoms with E-state index >= 15 is 0 Å². The molecule has 1 aliphatic heterocycles. The quantitative estimate of drug-likeness (QED) is 0.778. The molecule has 0 amide bonds. The second-order valence-corrected chi connectivity index (χ2v) is 4.30. The van der Waals surface area contributed by atoms with Gasteiger partial charge in [-0.3, -0.25) is 0 Å². The van der Waals surface area contributed by atoms with Gasteiger partial charge in [0.05, 0.1) is 32.5 Å². The van der Waals surface area contributed by atoms with Gasteiger partial charge in [-0.05, 0) is 13.0 Å². The van der Waals surface area contributed by atoms with Gasteiger partial charge in [0.2, 0.25) is 0 Å². The van der Waals surface area contributed by atoms with Crippen molar-refractivity contribution in [3.05, 3.63) is 18.2 Å². The minimum absolute atomic E-state index is 0.0185. The Balaban J connectivity index is 2.24. The Morgan fingerprint density at radius 1 is 1.50 bits per heavy atom. The lowest BCUT2D eigenvalue weighted by Crippen LogP contribution is -2.47. The lowest BCUT2D eigenvalue weighted by molar-refractivity contribution is 0.0727. The maximum atomic E-state index is 9.38. The zero-order valence-electron chi connectivity index (χ0n) is 10.6. The summed E-state index contributed by atoms with van der Waals surface area (Å²) in [6.45, 7) is 4.56. The van der Waals surface area contributed by atoms with Crippen molar-refractivity contribution in [1.82, 2.24) is 0 Å². The number of aliphatic hydroxyl groups is 1. The SMILES string of the molecule is CCOc1cc(N)cc(N2CCOCC2CO)c1. The largest absolute Gasteiger partial charge is 0.494 e. The molecule has 18 heavy (non-hydrogen) atoms. The van der Waals surface area contributed by atoms with Crippen LogP contribution >= 0.6 is 0 Å². The maximum Gasteiger partial charge on any atom is 0.123 e. The monoisotopic (exact) mass is 252 g/mol. The van der Waals surface area contributed by atoms with Gasteiger partial charge >= 0.3 is 0 Å². The predicted molar refractivity (Wildman–Crippen MR) is 71.1 cm³/mol. The van der Waals surface area contributed by atoms with E-state index in [-0.39, 0.29) is 12.6 Å². The van der Waals surface area contributed by atoms with E-state index in [1.54, 1.807) is 6.07 Å². The van der Waals surface area contributed by atoms with Crippen LogP contribution in [0, 0.1) is 0 Å². The molecule has 1 aromatic carbocycles. The van der Waals surface area contributed by atoms with Crippen LogP contribution in [0.1, 0.15) is 6.92 Å². The third kappa shape index (κ3) is 2.86. The molecule has 0 bridgehead atoms. The Bertz CT molecular complexity index is 398. The van der Waals surface area contributed by atoms with E-state index in [9.17, 15) is 5.11 Å². The number of hydrogen-bond donors (Lipinski definition) is 2. The second kappa shape index (κ2) is 5.93. The van der Waals surface area contributed by atoms with Gasteiger partial charge in [0.25, 0.3) is 0 Å². The third-order valence-corrected chi connectivity index (χ3v) is 2.99. The summed E-state index contributed by atoms with van der Waals surface area (Å²) in [6.07, 6.45) is 0. The topological polar surface area (TPSA) is 68.0 Å². The summed E-state index contributed by atoms with van der Waals surface area (Å²) in [5.41, 5.74) is 7.52. The molecule has 0 spiro atoms. The Morgan fingerprint density at radius 2 is 2.33 bits per heavy atom. The van der Waals surface area contributed by atoms with Crippen molar-refractivity contribution in [1.29, 1.82) is 0 Å². The fraction of sp³-hybridized carbons (Fsp3) is 0.538. The van der Waals surface area contributed by atoms with Crippen LogP contribution in [0.4, 0.5) is 11.4 Å². The highest BCUT2D eigenvalue weighted by molar-refractivity contribution is 5.61. The first kappa shape index (κ1) is 13.0. The summed E-state index contributed by atoms with van der Waals surface area (Å²) in [4.78, 5) is 2.11. The number of anilines is 2. The highest BCUT2D eigenvalue weighted by Gasteiger charge is 2.23. The molecule has 5 heteroatoms. The van der Waals surface area contributed by atoms with Crippen molar-refractivity contribution in [3.8, 4) is 5.75 Å². The minimum Gasteiger partial charge on any atom is -0.494 e. The Labute approximate surface area is 107 Å². The fourth-order valence-electron chi connectivity index (χ4n) is 2.17. The van der Waals surface area contributed by atoms with Gasteiger partial charge in [0, 0.05) is 30.1 Å². The van der Waals surface area contributed by atoms with E-state index < -0.39 is 0 Å². The van der Waals surface area contributed by atoms with Crippen LogP contribution in [-0.2, 0) is 4.74 Å². The molecule has 3 N–H and O–H groups in total. The second-order valence-electron chi connectivity index (χ2n) is 4.30. The van der Waals surface area contributed by atoms with Gasteiger partial charge in [-0.25, -0.2) is 0 Å². The maximum absolute atomic E-state index is 9.38. The molecule has 0 aliphatic carbocycles. The summed E-state index contributed by atoms with van der Waals surface area (Å²) in [5, 5.41) is 9.38. The zero-order valence-corrected chi connectivity index (χ0v) is 10.6. The number of rotatable bonds is 4. The van der Waals surface area contributed by atoms with E-state index in [1.807, 2.05) is 19.1 Å². The van der Waals surface area contributed by atoms with Crippen LogP contribution in [0.15, 0.2) is 18.2 Å². The summed E-state index contributed by atoms with van der Waals surface area (Å²) in [5.74, 6) is 0.760. The number of aliphatic hydroxyl groups excluding tert-OH is 1. The molecule has 1 atom stereocenters. The molecule has 1 saturated heterocycles. The highest BCUT2D eigenvalue weighted by atomic mass is 16.5. The number of nitrogens with zero attached hydrogens (tertiary/aromatic N) is 1. The number of morpholine rings is 1. The summed E-state index contributed by atoms with van der Waals surface area (Å²) < 4.78 is 10.9. The van der Waals surface area contributed by atoms with E-state index in [2.05, 4.69) is 4.90 Å². The zero-order chi connectivity index (χ0) is 13.0. The molecule has 5 nitrogen and oxygen atoms in total. The Morgan fingerprint density at radius 3 is 3.06 bits per heavy atom. The number of nitrogens with two attached hydrogens (primary N) is 1. The van der Waals surface area contributed by atoms with Crippen LogP contribution in [0.5, 0.6) is 5.75 Å². The van der Waals surface area contributed by atoms with Crippen molar-refractivity contribution in [2.75, 3.05) is 43.6 Å². The van der Waals surface area contributed by atoms with E-state index in [0.29, 0.717) is 25.5 Å². The third-order valence-electron chi connectivity index (χ3n) is 2.99. The smallest absolute Gasteiger partial charge is 0.123 e. The van der Waals surface area contributed by atoms with Crippen LogP contribution in [-0.4, -0.2) is 44.1 Å². The van der Waals surface area contributed by atoms with Crippen molar-refractivity contribution in [2.45, 2.75) is 13.0 Å². The average Bonchev–Trinajstić information content (AvgIpc) is 2.38. The number of benzene rings is 1. The molecule has 0 saturated carbocycles. The lowest BCUT2D eigenvalue weighted by atomic mass is 10.1. The first-order valence-corrected chi connectivity index (χ1v) is 6.23. The van der Waals surface area contributed by atoms with E-state index in [1.165, 1.54) is 0 Å². The molecule has 1 aromatic rings. The minimum atomic E-state index is -0.0185. The molecule has 0 radical (unpaired) electrons. The van der Waals surface area contributed by atoms with Crippen molar-refractivity contribution in [3.63, 3.8) is 0 Å². The summed E-state index contributed by atoms with van der Waals surface area (Å²) in [6, 6.07) is 5.64. The highest BCUT2D eigenvalue weighted by Crippen LogP contribution is 2.28. The molecular weight excluding hydrogens is 232 g/mol. The number of hydrogen-bond acceptors (Lipinski definition) is 5. The van der Waals surface area contributed by atoms with E-state index in [0.717, 1.165) is 18.0 Å². The van der Waals surface area contributed by atoms with Crippen molar-refractivity contribution in [2.24, 2.45) is 0 Å². The summed E-state index contributed by atoms with van der Waals surface area (Å²) >= 11 is 0. The molecule has 1 fully saturated rings. The van der Waals surface area contributed by atoms with Crippen molar-refractivity contribution < 1.29 is 14.6 Å². The molecule has 100 valence electrons. The van der Waals surface area contributed by atoms with E-state index in [4.69, 9.17) is 15.2 Å².